The fourth-order valence-corrected chi connectivity index (χ4v) is 6.22. The summed E-state index contributed by atoms with van der Waals surface area (Å²) in [5.41, 5.74) is 2.69. The molecule has 1 amide bonds. The highest BCUT2D eigenvalue weighted by Gasteiger charge is 2.27. The molecule has 0 spiro atoms. The van der Waals surface area contributed by atoms with Crippen LogP contribution in [0.25, 0.3) is 23.0 Å². The van der Waals surface area contributed by atoms with Crippen LogP contribution in [0.4, 0.5) is 0 Å². The van der Waals surface area contributed by atoms with Gasteiger partial charge in [-0.15, -0.1) is 0 Å². The number of thiocarbonyl (C=S) groups is 1. The van der Waals surface area contributed by atoms with Gasteiger partial charge < -0.3 is 10.1 Å². The van der Waals surface area contributed by atoms with Crippen molar-refractivity contribution in [2.75, 3.05) is 26.3 Å². The van der Waals surface area contributed by atoms with Crippen LogP contribution in [0.15, 0.2) is 70.6 Å². The third-order valence-electron chi connectivity index (χ3n) is 5.41. The summed E-state index contributed by atoms with van der Waals surface area (Å²) in [6.45, 7) is 1.39. The summed E-state index contributed by atoms with van der Waals surface area (Å²) in [5, 5.41) is 7.36. The highest BCUT2D eigenvalue weighted by Crippen LogP contribution is 2.32. The molecule has 1 aromatic heterocycles. The summed E-state index contributed by atoms with van der Waals surface area (Å²) in [6, 6.07) is 16.3. The van der Waals surface area contributed by atoms with Crippen LogP contribution in [0, 0.1) is 0 Å². The van der Waals surface area contributed by atoms with Crippen molar-refractivity contribution in [3.8, 4) is 16.9 Å². The summed E-state index contributed by atoms with van der Waals surface area (Å²) in [5.74, 6) is -0.267. The minimum Gasteiger partial charge on any atom is -0.379 e. The molecule has 0 unspecified atom stereocenters. The number of aromatic nitrogens is 2. The van der Waals surface area contributed by atoms with Gasteiger partial charge in [0.15, 0.2) is 0 Å². The van der Waals surface area contributed by atoms with E-state index >= 15 is 0 Å². The number of sulfonamides is 1. The Labute approximate surface area is 206 Å². The molecule has 2 aromatic carbocycles. The second kappa shape index (κ2) is 9.43. The van der Waals surface area contributed by atoms with E-state index in [1.54, 1.807) is 29.0 Å². The monoisotopic (exact) mass is 512 g/mol. The molecular weight excluding hydrogens is 492 g/mol. The van der Waals surface area contributed by atoms with Crippen molar-refractivity contribution in [1.29, 1.82) is 0 Å². The van der Waals surface area contributed by atoms with Gasteiger partial charge in [0.2, 0.25) is 10.0 Å². The summed E-state index contributed by atoms with van der Waals surface area (Å²) in [6.07, 6.45) is 3.54. The van der Waals surface area contributed by atoms with E-state index in [1.807, 2.05) is 42.6 Å². The Morgan fingerprint density at radius 1 is 1.09 bits per heavy atom. The summed E-state index contributed by atoms with van der Waals surface area (Å²) in [4.78, 5) is 12.9. The topological polar surface area (TPSA) is 93.5 Å². The van der Waals surface area contributed by atoms with Gasteiger partial charge in [0.1, 0.15) is 10.0 Å². The molecular formula is C23H20N4O4S3. The third-order valence-corrected chi connectivity index (χ3v) is 8.46. The minimum atomic E-state index is -3.67. The van der Waals surface area contributed by atoms with Crippen molar-refractivity contribution < 1.29 is 17.9 Å². The number of carbonyl (C=O) groups excluding carboxylic acids is 1. The van der Waals surface area contributed by atoms with E-state index in [-0.39, 0.29) is 10.8 Å². The lowest BCUT2D eigenvalue weighted by atomic mass is 10.1. The first-order chi connectivity index (χ1) is 16.4. The molecule has 34 heavy (non-hydrogen) atoms. The lowest BCUT2D eigenvalue weighted by Gasteiger charge is -2.26. The molecule has 174 valence electrons. The fourth-order valence-electron chi connectivity index (χ4n) is 3.73. The number of carbonyl (C=O) groups is 1. The number of rotatable bonds is 5. The minimum absolute atomic E-state index is 0.189. The van der Waals surface area contributed by atoms with Crippen molar-refractivity contribution in [2.45, 2.75) is 4.90 Å². The van der Waals surface area contributed by atoms with Crippen LogP contribution in [0.1, 0.15) is 5.56 Å². The first-order valence-electron chi connectivity index (χ1n) is 10.5. The number of hydrogen-bond donors (Lipinski definition) is 1. The third kappa shape index (κ3) is 4.57. The lowest BCUT2D eigenvalue weighted by Crippen LogP contribution is -2.40. The Morgan fingerprint density at radius 3 is 2.56 bits per heavy atom. The van der Waals surface area contributed by atoms with E-state index in [0.29, 0.717) is 52.3 Å². The van der Waals surface area contributed by atoms with Gasteiger partial charge in [-0.05, 0) is 30.3 Å². The Hall–Kier alpha value is -2.83. The van der Waals surface area contributed by atoms with Gasteiger partial charge >= 0.3 is 0 Å². The molecule has 5 rings (SSSR count). The second-order valence-corrected chi connectivity index (χ2v) is 11.3. The zero-order valence-electron chi connectivity index (χ0n) is 17.9. The number of nitrogens with one attached hydrogen (secondary N) is 1. The van der Waals surface area contributed by atoms with E-state index in [0.717, 1.165) is 5.69 Å². The Balaban J connectivity index is 1.60. The average molecular weight is 513 g/mol. The molecule has 2 fully saturated rings. The quantitative estimate of drug-likeness (QED) is 0.415. The smallest absolute Gasteiger partial charge is 0.263 e. The van der Waals surface area contributed by atoms with E-state index in [4.69, 9.17) is 22.1 Å². The van der Waals surface area contributed by atoms with Crippen molar-refractivity contribution in [3.05, 3.63) is 71.3 Å². The number of thioether (sulfide) groups is 1. The number of hydrogen-bond acceptors (Lipinski definition) is 7. The highest BCUT2D eigenvalue weighted by molar-refractivity contribution is 8.26. The van der Waals surface area contributed by atoms with E-state index in [9.17, 15) is 13.2 Å². The maximum atomic E-state index is 13.2. The molecule has 2 aliphatic heterocycles. The maximum absolute atomic E-state index is 13.2. The van der Waals surface area contributed by atoms with Gasteiger partial charge in [0, 0.05) is 30.4 Å². The molecule has 3 aromatic rings. The standard InChI is InChI=1S/C23H20N4O4S3/c28-22-20(33-23(32)24-22)14-17-15-27(18-6-2-1-3-7-18)25-21(17)16-5-4-8-19(13-16)34(29,30)26-9-11-31-12-10-26/h1-8,13-15H,9-12H2,(H,24,28,32)/b20-14+. The number of nitrogens with zero attached hydrogens (tertiary/aromatic N) is 3. The molecule has 0 atom stereocenters. The molecule has 1 N–H and O–H groups in total. The van der Waals surface area contributed by atoms with Crippen molar-refractivity contribution in [3.63, 3.8) is 0 Å². The van der Waals surface area contributed by atoms with Gasteiger partial charge in [-0.25, -0.2) is 13.1 Å². The molecule has 0 aliphatic carbocycles. The van der Waals surface area contributed by atoms with Crippen LogP contribution < -0.4 is 5.32 Å². The van der Waals surface area contributed by atoms with Crippen LogP contribution >= 0.6 is 24.0 Å². The first kappa shape index (κ1) is 22.9. The van der Waals surface area contributed by atoms with Gasteiger partial charge in [0.25, 0.3) is 5.91 Å². The second-order valence-electron chi connectivity index (χ2n) is 7.61. The van der Waals surface area contributed by atoms with Crippen LogP contribution in [0.2, 0.25) is 0 Å². The van der Waals surface area contributed by atoms with E-state index in [1.165, 1.54) is 16.1 Å². The normalized spacial score (nSPS) is 18.4. The van der Waals surface area contributed by atoms with E-state index < -0.39 is 10.0 Å². The molecule has 0 bridgehead atoms. The Morgan fingerprint density at radius 2 is 1.85 bits per heavy atom. The fraction of sp³-hybridized carbons (Fsp3) is 0.174. The van der Waals surface area contributed by atoms with Crippen molar-refractivity contribution in [2.24, 2.45) is 0 Å². The Bertz CT molecular complexity index is 1390. The summed E-state index contributed by atoms with van der Waals surface area (Å²) in [7, 11) is -3.67. The van der Waals surface area contributed by atoms with Crippen LogP contribution in [-0.4, -0.2) is 59.0 Å². The van der Waals surface area contributed by atoms with Crippen LogP contribution in [0.5, 0.6) is 0 Å². The molecule has 11 heteroatoms. The van der Waals surface area contributed by atoms with Gasteiger partial charge in [-0.2, -0.15) is 9.40 Å². The number of ether oxygens (including phenoxy) is 1. The SMILES string of the molecule is O=C1NC(=S)S/C1=C/c1cn(-c2ccccc2)nc1-c1cccc(S(=O)(=O)N2CCOCC2)c1. The summed E-state index contributed by atoms with van der Waals surface area (Å²) >= 11 is 6.29. The largest absolute Gasteiger partial charge is 0.379 e. The van der Waals surface area contributed by atoms with Crippen molar-refractivity contribution in [1.82, 2.24) is 19.4 Å². The van der Waals surface area contributed by atoms with Gasteiger partial charge in [-0.3, -0.25) is 4.79 Å². The first-order valence-corrected chi connectivity index (χ1v) is 13.2. The molecule has 0 radical (unpaired) electrons. The molecule has 3 heterocycles. The van der Waals surface area contributed by atoms with Gasteiger partial charge in [0.05, 0.1) is 28.7 Å². The predicted molar refractivity (Wildman–Crippen MR) is 135 cm³/mol. The number of para-hydroxylation sites is 1. The van der Waals surface area contributed by atoms with E-state index in [2.05, 4.69) is 5.32 Å². The highest BCUT2D eigenvalue weighted by atomic mass is 32.2. The Kier molecular flexibility index (Phi) is 6.36. The number of morpholine rings is 1. The maximum Gasteiger partial charge on any atom is 0.263 e. The van der Waals surface area contributed by atoms with Crippen molar-refractivity contribution >= 4 is 50.3 Å². The average Bonchev–Trinajstić information content (AvgIpc) is 3.42. The molecule has 2 saturated heterocycles. The zero-order valence-corrected chi connectivity index (χ0v) is 20.3. The summed E-state index contributed by atoms with van der Waals surface area (Å²) < 4.78 is 35.2. The number of benzene rings is 2. The zero-order chi connectivity index (χ0) is 23.7. The molecule has 0 saturated carbocycles. The predicted octanol–water partition coefficient (Wildman–Crippen LogP) is 3.05. The van der Waals surface area contributed by atoms with Crippen LogP contribution in [-0.2, 0) is 19.6 Å². The molecule has 2 aliphatic rings. The van der Waals surface area contributed by atoms with Crippen LogP contribution in [0.3, 0.4) is 0 Å². The van der Waals surface area contributed by atoms with Gasteiger partial charge in [-0.1, -0.05) is 54.3 Å². The lowest BCUT2D eigenvalue weighted by molar-refractivity contribution is -0.115. The number of amides is 1. The molecule has 8 nitrogen and oxygen atoms in total.